The third-order valence-electron chi connectivity index (χ3n) is 3.81. The molecule has 1 saturated heterocycles. The maximum Gasteiger partial charge on any atom is 0.341 e. The normalized spacial score (nSPS) is 17.1. The van der Waals surface area contributed by atoms with Crippen LogP contribution in [0, 0.1) is 0 Å². The lowest BCUT2D eigenvalue weighted by Crippen LogP contribution is -2.33. The van der Waals surface area contributed by atoms with Gasteiger partial charge in [0.2, 0.25) is 9.84 Å². The minimum Gasteiger partial charge on any atom is -0.339 e. The van der Waals surface area contributed by atoms with Gasteiger partial charge in [0.15, 0.2) is 0 Å². The minimum atomic E-state index is -4.61. The fourth-order valence-electron chi connectivity index (χ4n) is 2.52. The van der Waals surface area contributed by atoms with E-state index in [1.807, 2.05) is 0 Å². The Kier molecular flexibility index (Phi) is 5.50. The van der Waals surface area contributed by atoms with Crippen molar-refractivity contribution in [1.29, 1.82) is 0 Å². The van der Waals surface area contributed by atoms with Crippen molar-refractivity contribution in [1.82, 2.24) is 4.90 Å². The van der Waals surface area contributed by atoms with Crippen LogP contribution < -0.4 is 0 Å². The molecule has 0 atom stereocenters. The molecule has 1 aliphatic heterocycles. The van der Waals surface area contributed by atoms with Gasteiger partial charge in [-0.05, 0) is 37.1 Å². The highest BCUT2D eigenvalue weighted by Crippen LogP contribution is 2.20. The number of benzene rings is 1. The third kappa shape index (κ3) is 3.82. The molecule has 0 spiro atoms. The number of carbonyl (C=O) groups excluding carboxylic acids is 1. The molecule has 0 aromatic heterocycles. The first kappa shape index (κ1) is 16.9. The second-order valence-electron chi connectivity index (χ2n) is 5.39. The van der Waals surface area contributed by atoms with Crippen LogP contribution in [-0.4, -0.2) is 38.1 Å². The van der Waals surface area contributed by atoms with Gasteiger partial charge < -0.3 is 4.90 Å². The molecule has 1 aliphatic rings. The monoisotopic (exact) mass is 331 g/mol. The van der Waals surface area contributed by atoms with Crippen molar-refractivity contribution in [2.24, 2.45) is 0 Å². The van der Waals surface area contributed by atoms with Crippen molar-refractivity contribution in [3.8, 4) is 0 Å². The highest BCUT2D eigenvalue weighted by Gasteiger charge is 2.26. The topological polar surface area (TPSA) is 54.5 Å². The fourth-order valence-corrected chi connectivity index (χ4v) is 3.24. The highest BCUT2D eigenvalue weighted by atomic mass is 32.2. The molecule has 122 valence electrons. The van der Waals surface area contributed by atoms with Crippen molar-refractivity contribution in [2.75, 3.05) is 13.1 Å². The van der Waals surface area contributed by atoms with Crippen LogP contribution in [0.2, 0.25) is 0 Å². The van der Waals surface area contributed by atoms with Crippen molar-refractivity contribution in [3.63, 3.8) is 0 Å². The molecule has 1 amide bonds. The predicted octanol–water partition coefficient (Wildman–Crippen LogP) is 3.09. The lowest BCUT2D eigenvalue weighted by Gasteiger charge is -2.24. The van der Waals surface area contributed by atoms with Crippen LogP contribution in [0.1, 0.15) is 42.5 Å². The van der Waals surface area contributed by atoms with Crippen LogP contribution >= 0.6 is 0 Å². The average Bonchev–Trinajstić information content (AvgIpc) is 2.46. The molecule has 0 aliphatic carbocycles. The molecule has 0 bridgehead atoms. The first-order chi connectivity index (χ1) is 10.4. The van der Waals surface area contributed by atoms with Crippen molar-refractivity contribution >= 4 is 15.7 Å². The lowest BCUT2D eigenvalue weighted by atomic mass is 10.1. The molecule has 1 aromatic carbocycles. The van der Waals surface area contributed by atoms with E-state index in [1.165, 1.54) is 18.6 Å². The largest absolute Gasteiger partial charge is 0.341 e. The Balaban J connectivity index is 2.14. The summed E-state index contributed by atoms with van der Waals surface area (Å²) >= 11 is 0. The van der Waals surface area contributed by atoms with Crippen LogP contribution in [0.25, 0.3) is 0 Å². The molecule has 7 heteroatoms. The van der Waals surface area contributed by atoms with Gasteiger partial charge in [-0.15, -0.1) is 0 Å². The second-order valence-corrected chi connectivity index (χ2v) is 7.31. The fraction of sp³-hybridized carbons (Fsp3) is 0.533. The van der Waals surface area contributed by atoms with Gasteiger partial charge in [-0.25, -0.2) is 8.42 Å². The maximum atomic E-state index is 12.5. The van der Waals surface area contributed by atoms with E-state index in [4.69, 9.17) is 0 Å². The molecular weight excluding hydrogens is 312 g/mol. The van der Waals surface area contributed by atoms with Gasteiger partial charge in [-0.3, -0.25) is 4.79 Å². The molecule has 1 heterocycles. The molecule has 0 saturated carbocycles. The number of likely N-dealkylation sites (tertiary alicyclic amines) is 1. The summed E-state index contributed by atoms with van der Waals surface area (Å²) in [5.74, 6) is -3.63. The molecule has 0 unspecified atom stereocenters. The van der Waals surface area contributed by atoms with E-state index in [1.54, 1.807) is 4.90 Å². The summed E-state index contributed by atoms with van der Waals surface area (Å²) in [7, 11) is -4.61. The summed E-state index contributed by atoms with van der Waals surface area (Å²) in [5.41, 5.74) is 0.328. The summed E-state index contributed by atoms with van der Waals surface area (Å²) in [6.07, 6.45) is 5.26. The number of carbonyl (C=O) groups is 1. The van der Waals surface area contributed by atoms with E-state index < -0.39 is 20.5 Å². The summed E-state index contributed by atoms with van der Waals surface area (Å²) in [5, 5.41) is 0. The Bertz CT molecular complexity index is 606. The molecule has 0 radical (unpaired) electrons. The second kappa shape index (κ2) is 7.17. The van der Waals surface area contributed by atoms with E-state index in [0.717, 1.165) is 37.8 Å². The molecule has 0 N–H and O–H groups in total. The first-order valence-corrected chi connectivity index (χ1v) is 8.89. The van der Waals surface area contributed by atoms with Crippen molar-refractivity contribution in [2.45, 2.75) is 42.8 Å². The van der Waals surface area contributed by atoms with E-state index in [0.29, 0.717) is 18.7 Å². The number of rotatable bonds is 3. The van der Waals surface area contributed by atoms with Gasteiger partial charge in [0.05, 0.1) is 4.90 Å². The lowest BCUT2D eigenvalue weighted by molar-refractivity contribution is 0.0742. The van der Waals surface area contributed by atoms with E-state index in [2.05, 4.69) is 0 Å². The molecule has 2 rings (SSSR count). The highest BCUT2D eigenvalue weighted by molar-refractivity contribution is 7.91. The van der Waals surface area contributed by atoms with E-state index in [-0.39, 0.29) is 5.91 Å². The van der Waals surface area contributed by atoms with Crippen LogP contribution in [0.15, 0.2) is 29.2 Å². The molecule has 1 fully saturated rings. The quantitative estimate of drug-likeness (QED) is 0.855. The Morgan fingerprint density at radius 3 is 1.95 bits per heavy atom. The van der Waals surface area contributed by atoms with E-state index in [9.17, 15) is 22.0 Å². The summed E-state index contributed by atoms with van der Waals surface area (Å²) in [4.78, 5) is 13.7. The van der Waals surface area contributed by atoms with E-state index >= 15 is 0 Å². The van der Waals surface area contributed by atoms with Gasteiger partial charge in [0.1, 0.15) is 0 Å². The molecule has 4 nitrogen and oxygen atoms in total. The Hall–Kier alpha value is -1.50. The molecule has 22 heavy (non-hydrogen) atoms. The average molecular weight is 331 g/mol. The van der Waals surface area contributed by atoms with Gasteiger partial charge in [0, 0.05) is 18.7 Å². The van der Waals surface area contributed by atoms with Crippen molar-refractivity contribution in [3.05, 3.63) is 29.8 Å². The Labute approximate surface area is 129 Å². The smallest absolute Gasteiger partial charge is 0.339 e. The summed E-state index contributed by atoms with van der Waals surface area (Å²) < 4.78 is 47.6. The molecule has 1 aromatic rings. The zero-order valence-corrected chi connectivity index (χ0v) is 13.0. The van der Waals surface area contributed by atoms with Gasteiger partial charge in [-0.2, -0.15) is 8.78 Å². The SMILES string of the molecule is O=C(c1ccc(S(=O)(=O)C(F)F)cc1)N1CCCCCCC1. The maximum absolute atomic E-state index is 12.5. The number of nitrogens with zero attached hydrogens (tertiary/aromatic N) is 1. The number of hydrogen-bond acceptors (Lipinski definition) is 3. The number of sulfone groups is 1. The summed E-state index contributed by atoms with van der Waals surface area (Å²) in [6, 6.07) is 4.74. The van der Waals surface area contributed by atoms with Gasteiger partial charge >= 0.3 is 5.76 Å². The number of amides is 1. The standard InChI is InChI=1S/C15H19F2NO3S/c16-15(17)22(20,21)13-8-6-12(7-9-13)14(19)18-10-4-2-1-3-5-11-18/h6-9,15H,1-5,10-11H2. The molecular formula is C15H19F2NO3S. The number of alkyl halides is 2. The summed E-state index contributed by atoms with van der Waals surface area (Å²) in [6.45, 7) is 1.35. The van der Waals surface area contributed by atoms with Crippen LogP contribution in [-0.2, 0) is 9.84 Å². The number of halogens is 2. The van der Waals surface area contributed by atoms with Crippen LogP contribution in [0.5, 0.6) is 0 Å². The van der Waals surface area contributed by atoms with Crippen LogP contribution in [0.4, 0.5) is 8.78 Å². The zero-order valence-electron chi connectivity index (χ0n) is 12.2. The Morgan fingerprint density at radius 1 is 0.955 bits per heavy atom. The van der Waals surface area contributed by atoms with Gasteiger partial charge in [-0.1, -0.05) is 19.3 Å². The number of hydrogen-bond donors (Lipinski definition) is 0. The minimum absolute atomic E-state index is 0.178. The van der Waals surface area contributed by atoms with Crippen molar-refractivity contribution < 1.29 is 22.0 Å². The third-order valence-corrected chi connectivity index (χ3v) is 5.21. The first-order valence-electron chi connectivity index (χ1n) is 7.34. The zero-order chi connectivity index (χ0) is 16.2. The van der Waals surface area contributed by atoms with Gasteiger partial charge in [0.25, 0.3) is 5.91 Å². The predicted molar refractivity (Wildman–Crippen MR) is 78.6 cm³/mol. The van der Waals surface area contributed by atoms with Crippen LogP contribution in [0.3, 0.4) is 0 Å². The Morgan fingerprint density at radius 2 is 1.45 bits per heavy atom.